The molecule has 0 radical (unpaired) electrons. The van der Waals surface area contributed by atoms with E-state index in [1.165, 1.54) is 0 Å². The van der Waals surface area contributed by atoms with Gasteiger partial charge in [0.15, 0.2) is 0 Å². The Hall–Kier alpha value is -0.120. The lowest BCUT2D eigenvalue weighted by atomic mass is 9.90. The lowest BCUT2D eigenvalue weighted by molar-refractivity contribution is 0.197. The summed E-state index contributed by atoms with van der Waals surface area (Å²) in [5.74, 6) is 0. The Morgan fingerprint density at radius 2 is 2.00 bits per heavy atom. The Kier molecular flexibility index (Phi) is 6.34. The summed E-state index contributed by atoms with van der Waals surface area (Å²) in [6.45, 7) is 7.85. The highest BCUT2D eigenvalue weighted by atomic mass is 16.5. The summed E-state index contributed by atoms with van der Waals surface area (Å²) in [7, 11) is 1.71. The molecular weight excluding hydrogens is 152 g/mol. The average molecular weight is 174 g/mol. The first-order valence-corrected chi connectivity index (χ1v) is 4.52. The maximum atomic E-state index is 5.59. The van der Waals surface area contributed by atoms with Crippen LogP contribution in [0.3, 0.4) is 0 Å². The monoisotopic (exact) mass is 174 g/mol. The summed E-state index contributed by atoms with van der Waals surface area (Å²) in [6, 6.07) is 0. The Morgan fingerprint density at radius 1 is 1.33 bits per heavy atom. The van der Waals surface area contributed by atoms with Gasteiger partial charge in [-0.05, 0) is 24.9 Å². The average Bonchev–Trinajstić information content (AvgIpc) is 2.04. The van der Waals surface area contributed by atoms with Crippen LogP contribution in [0.15, 0.2) is 0 Å². The second-order valence-electron chi connectivity index (χ2n) is 3.86. The van der Waals surface area contributed by atoms with E-state index in [0.717, 1.165) is 32.7 Å². The van der Waals surface area contributed by atoms with Gasteiger partial charge in [-0.1, -0.05) is 13.8 Å². The topological polar surface area (TPSA) is 47.3 Å². The maximum Gasteiger partial charge on any atom is 0.0587 e. The molecule has 0 saturated carbocycles. The van der Waals surface area contributed by atoms with Gasteiger partial charge in [-0.2, -0.15) is 0 Å². The first-order valence-electron chi connectivity index (χ1n) is 4.52. The molecule has 0 heterocycles. The van der Waals surface area contributed by atoms with Gasteiger partial charge < -0.3 is 15.8 Å². The molecule has 0 rings (SSSR count). The van der Waals surface area contributed by atoms with E-state index in [1.54, 1.807) is 7.11 Å². The number of methoxy groups -OCH3 is 1. The number of ether oxygens (including phenoxy) is 1. The molecule has 0 aliphatic heterocycles. The molecule has 0 fully saturated rings. The van der Waals surface area contributed by atoms with Crippen LogP contribution < -0.4 is 11.1 Å². The van der Waals surface area contributed by atoms with Crippen LogP contribution in [0.25, 0.3) is 0 Å². The minimum Gasteiger partial charge on any atom is -0.383 e. The molecular formula is C9H22N2O. The van der Waals surface area contributed by atoms with Crippen LogP contribution in [0.5, 0.6) is 0 Å². The van der Waals surface area contributed by atoms with Crippen LogP contribution in [0.2, 0.25) is 0 Å². The lowest BCUT2D eigenvalue weighted by Gasteiger charge is -2.22. The minimum atomic E-state index is 0.264. The molecule has 0 spiro atoms. The number of hydrogen-bond donors (Lipinski definition) is 2. The normalized spacial score (nSPS) is 12.0. The van der Waals surface area contributed by atoms with Crippen LogP contribution in [-0.2, 0) is 4.74 Å². The van der Waals surface area contributed by atoms with Crippen LogP contribution in [0.1, 0.15) is 20.3 Å². The molecule has 0 amide bonds. The minimum absolute atomic E-state index is 0.264. The van der Waals surface area contributed by atoms with Gasteiger partial charge in [-0.25, -0.2) is 0 Å². The zero-order chi connectivity index (χ0) is 9.45. The van der Waals surface area contributed by atoms with Crippen molar-refractivity contribution in [2.24, 2.45) is 11.1 Å². The standard InChI is InChI=1S/C9H22N2O/c1-9(2,8-10)4-5-11-6-7-12-3/h11H,4-8,10H2,1-3H3. The van der Waals surface area contributed by atoms with Crippen molar-refractivity contribution in [1.29, 1.82) is 0 Å². The third kappa shape index (κ3) is 6.58. The van der Waals surface area contributed by atoms with Gasteiger partial charge in [-0.3, -0.25) is 0 Å². The first-order chi connectivity index (χ1) is 5.62. The largest absolute Gasteiger partial charge is 0.383 e. The fraction of sp³-hybridized carbons (Fsp3) is 1.00. The summed E-state index contributed by atoms with van der Waals surface area (Å²) in [5.41, 5.74) is 5.86. The molecule has 3 nitrogen and oxygen atoms in total. The molecule has 0 aliphatic rings. The maximum absolute atomic E-state index is 5.59. The van der Waals surface area contributed by atoms with Gasteiger partial charge >= 0.3 is 0 Å². The van der Waals surface area contributed by atoms with Crippen LogP contribution >= 0.6 is 0 Å². The number of nitrogens with two attached hydrogens (primary N) is 1. The quantitative estimate of drug-likeness (QED) is 0.556. The Bertz CT molecular complexity index is 105. The highest BCUT2D eigenvalue weighted by Crippen LogP contribution is 2.16. The van der Waals surface area contributed by atoms with Crippen molar-refractivity contribution in [3.05, 3.63) is 0 Å². The zero-order valence-corrected chi connectivity index (χ0v) is 8.52. The van der Waals surface area contributed by atoms with Gasteiger partial charge in [0.1, 0.15) is 0 Å². The highest BCUT2D eigenvalue weighted by Gasteiger charge is 2.13. The molecule has 0 aliphatic carbocycles. The van der Waals surface area contributed by atoms with E-state index in [4.69, 9.17) is 10.5 Å². The van der Waals surface area contributed by atoms with E-state index in [1.807, 2.05) is 0 Å². The molecule has 0 atom stereocenters. The summed E-state index contributed by atoms with van der Waals surface area (Å²) >= 11 is 0. The highest BCUT2D eigenvalue weighted by molar-refractivity contribution is 4.69. The van der Waals surface area contributed by atoms with Gasteiger partial charge in [0.25, 0.3) is 0 Å². The van der Waals surface area contributed by atoms with Crippen molar-refractivity contribution in [1.82, 2.24) is 5.32 Å². The fourth-order valence-electron chi connectivity index (χ4n) is 0.828. The third-order valence-corrected chi connectivity index (χ3v) is 2.01. The molecule has 0 aromatic rings. The van der Waals surface area contributed by atoms with Crippen molar-refractivity contribution < 1.29 is 4.74 Å². The van der Waals surface area contributed by atoms with Gasteiger partial charge in [-0.15, -0.1) is 0 Å². The van der Waals surface area contributed by atoms with E-state index in [0.29, 0.717) is 0 Å². The van der Waals surface area contributed by atoms with Gasteiger partial charge in [0, 0.05) is 13.7 Å². The lowest BCUT2D eigenvalue weighted by Crippen LogP contribution is -2.29. The molecule has 0 aromatic carbocycles. The van der Waals surface area contributed by atoms with E-state index in [9.17, 15) is 0 Å². The zero-order valence-electron chi connectivity index (χ0n) is 8.52. The van der Waals surface area contributed by atoms with E-state index >= 15 is 0 Å². The SMILES string of the molecule is COCCNCCC(C)(C)CN. The predicted molar refractivity (Wildman–Crippen MR) is 52.2 cm³/mol. The fourth-order valence-corrected chi connectivity index (χ4v) is 0.828. The second-order valence-corrected chi connectivity index (χ2v) is 3.86. The van der Waals surface area contributed by atoms with E-state index in [2.05, 4.69) is 19.2 Å². The van der Waals surface area contributed by atoms with Crippen LogP contribution in [0.4, 0.5) is 0 Å². The first kappa shape index (κ1) is 11.9. The van der Waals surface area contributed by atoms with Gasteiger partial charge in [0.2, 0.25) is 0 Å². The number of nitrogens with one attached hydrogen (secondary N) is 1. The summed E-state index contributed by atoms with van der Waals surface area (Å²) in [6.07, 6.45) is 1.12. The molecule has 3 heteroatoms. The Balaban J connectivity index is 3.19. The molecule has 0 saturated heterocycles. The number of hydrogen-bond acceptors (Lipinski definition) is 3. The predicted octanol–water partition coefficient (Wildman–Crippen LogP) is 0.597. The summed E-state index contributed by atoms with van der Waals surface area (Å²) in [5, 5.41) is 3.30. The van der Waals surface area contributed by atoms with E-state index in [-0.39, 0.29) is 5.41 Å². The number of rotatable bonds is 7. The van der Waals surface area contributed by atoms with Crippen molar-refractivity contribution in [2.45, 2.75) is 20.3 Å². The Morgan fingerprint density at radius 3 is 2.50 bits per heavy atom. The van der Waals surface area contributed by atoms with Gasteiger partial charge in [0.05, 0.1) is 6.61 Å². The molecule has 74 valence electrons. The molecule has 0 aromatic heterocycles. The third-order valence-electron chi connectivity index (χ3n) is 2.01. The molecule has 0 unspecified atom stereocenters. The summed E-state index contributed by atoms with van der Waals surface area (Å²) < 4.78 is 4.91. The second kappa shape index (κ2) is 6.40. The van der Waals surface area contributed by atoms with Crippen LogP contribution in [0, 0.1) is 5.41 Å². The Labute approximate surface area is 75.7 Å². The van der Waals surface area contributed by atoms with E-state index < -0.39 is 0 Å². The summed E-state index contributed by atoms with van der Waals surface area (Å²) in [4.78, 5) is 0. The van der Waals surface area contributed by atoms with Crippen molar-refractivity contribution in [3.63, 3.8) is 0 Å². The molecule has 3 N–H and O–H groups in total. The van der Waals surface area contributed by atoms with Crippen molar-refractivity contribution in [3.8, 4) is 0 Å². The smallest absolute Gasteiger partial charge is 0.0587 e. The molecule has 0 bridgehead atoms. The molecule has 12 heavy (non-hydrogen) atoms. The van der Waals surface area contributed by atoms with Crippen molar-refractivity contribution in [2.75, 3.05) is 33.4 Å². The van der Waals surface area contributed by atoms with Crippen LogP contribution in [-0.4, -0.2) is 33.4 Å². The van der Waals surface area contributed by atoms with Crippen molar-refractivity contribution >= 4 is 0 Å².